The van der Waals surface area contributed by atoms with Crippen LogP contribution >= 0.6 is 0 Å². The molecule has 0 atom stereocenters. The molecule has 0 aromatic heterocycles. The maximum Gasteiger partial charge on any atom is 0.334 e. The number of rotatable bonds is 2. The molecular formula is C11H20O3. The summed E-state index contributed by atoms with van der Waals surface area (Å²) in [4.78, 5) is 11.2. The summed E-state index contributed by atoms with van der Waals surface area (Å²) in [6.07, 6.45) is 2.66. The third kappa shape index (κ3) is 9.10. The Morgan fingerprint density at radius 2 is 1.50 bits per heavy atom. The fraction of sp³-hybridized carbons (Fsp3) is 0.727. The van der Waals surface area contributed by atoms with E-state index in [2.05, 4.69) is 0 Å². The van der Waals surface area contributed by atoms with E-state index in [0.717, 1.165) is 0 Å². The number of carbonyl (C=O) groups excluding carboxylic acids is 1. The van der Waals surface area contributed by atoms with Crippen LogP contribution in [0.4, 0.5) is 0 Å². The van der Waals surface area contributed by atoms with E-state index in [0.29, 0.717) is 0 Å². The quantitative estimate of drug-likeness (QED) is 0.390. The van der Waals surface area contributed by atoms with Crippen LogP contribution in [0.25, 0.3) is 0 Å². The lowest BCUT2D eigenvalue weighted by molar-refractivity contribution is -0.148. The Bertz CT molecular complexity index is 216. The molecule has 0 radical (unpaired) electrons. The number of hydrogen-bond acceptors (Lipinski definition) is 3. The van der Waals surface area contributed by atoms with Gasteiger partial charge in [-0.25, -0.2) is 4.79 Å². The maximum atomic E-state index is 11.2. The third-order valence-electron chi connectivity index (χ3n) is 1.03. The van der Waals surface area contributed by atoms with Gasteiger partial charge in [-0.1, -0.05) is 0 Å². The largest absolute Gasteiger partial charge is 0.495 e. The molecular weight excluding hydrogens is 180 g/mol. The summed E-state index contributed by atoms with van der Waals surface area (Å²) in [5.41, 5.74) is -0.734. The highest BCUT2D eigenvalue weighted by Gasteiger charge is 2.14. The number of esters is 1. The second kappa shape index (κ2) is 4.49. The molecule has 0 amide bonds. The molecule has 0 bridgehead atoms. The van der Waals surface area contributed by atoms with E-state index in [4.69, 9.17) is 9.47 Å². The summed E-state index contributed by atoms with van der Waals surface area (Å²) in [6.45, 7) is 11.2. The van der Waals surface area contributed by atoms with E-state index >= 15 is 0 Å². The van der Waals surface area contributed by atoms with Gasteiger partial charge < -0.3 is 9.47 Å². The first-order chi connectivity index (χ1) is 6.10. The minimum absolute atomic E-state index is 0.279. The number of hydrogen-bond donors (Lipinski definition) is 0. The maximum absolute atomic E-state index is 11.2. The van der Waals surface area contributed by atoms with E-state index in [1.54, 1.807) is 0 Å². The monoisotopic (exact) mass is 200 g/mol. The molecule has 0 unspecified atom stereocenters. The average Bonchev–Trinajstić information content (AvgIpc) is 1.78. The lowest BCUT2D eigenvalue weighted by Crippen LogP contribution is -2.23. The topological polar surface area (TPSA) is 35.5 Å². The summed E-state index contributed by atoms with van der Waals surface area (Å²) in [6, 6.07) is 0. The lowest BCUT2D eigenvalue weighted by Gasteiger charge is -2.19. The zero-order valence-corrected chi connectivity index (χ0v) is 9.88. The molecule has 0 spiro atoms. The summed E-state index contributed by atoms with van der Waals surface area (Å²) < 4.78 is 10.3. The van der Waals surface area contributed by atoms with Gasteiger partial charge in [0.05, 0.1) is 17.9 Å². The van der Waals surface area contributed by atoms with Crippen LogP contribution in [0.1, 0.15) is 41.5 Å². The van der Waals surface area contributed by atoms with Crippen LogP contribution in [0.2, 0.25) is 0 Å². The molecule has 0 rings (SSSR count). The van der Waals surface area contributed by atoms with Crippen molar-refractivity contribution in [3.8, 4) is 0 Å². The third-order valence-corrected chi connectivity index (χ3v) is 1.03. The first-order valence-electron chi connectivity index (χ1n) is 4.67. The lowest BCUT2D eigenvalue weighted by atomic mass is 10.2. The molecule has 0 saturated heterocycles. The Hall–Kier alpha value is -0.990. The van der Waals surface area contributed by atoms with Crippen LogP contribution in [-0.2, 0) is 14.3 Å². The van der Waals surface area contributed by atoms with E-state index in [1.807, 2.05) is 41.5 Å². The zero-order chi connectivity index (χ0) is 11.4. The Morgan fingerprint density at radius 1 is 1.00 bits per heavy atom. The van der Waals surface area contributed by atoms with Gasteiger partial charge in [0.2, 0.25) is 0 Å². The predicted molar refractivity (Wildman–Crippen MR) is 55.8 cm³/mol. The van der Waals surface area contributed by atoms with Crippen molar-refractivity contribution >= 4 is 5.97 Å². The minimum Gasteiger partial charge on any atom is -0.495 e. The van der Waals surface area contributed by atoms with Crippen LogP contribution in [0.3, 0.4) is 0 Å². The van der Waals surface area contributed by atoms with Gasteiger partial charge in [0.25, 0.3) is 0 Å². The van der Waals surface area contributed by atoms with Gasteiger partial charge in [-0.3, -0.25) is 0 Å². The highest BCUT2D eigenvalue weighted by Crippen LogP contribution is 2.09. The van der Waals surface area contributed by atoms with Gasteiger partial charge in [0, 0.05) is 0 Å². The average molecular weight is 200 g/mol. The van der Waals surface area contributed by atoms with Crippen molar-refractivity contribution in [1.82, 2.24) is 0 Å². The second-order valence-electron chi connectivity index (χ2n) is 5.07. The Labute approximate surface area is 86.1 Å². The van der Waals surface area contributed by atoms with E-state index in [1.165, 1.54) is 12.3 Å². The molecule has 0 N–H and O–H groups in total. The van der Waals surface area contributed by atoms with Crippen LogP contribution in [-0.4, -0.2) is 17.2 Å². The molecule has 0 saturated carbocycles. The molecule has 3 heteroatoms. The highest BCUT2D eigenvalue weighted by molar-refractivity contribution is 5.81. The van der Waals surface area contributed by atoms with Crippen molar-refractivity contribution in [2.75, 3.05) is 0 Å². The smallest absolute Gasteiger partial charge is 0.334 e. The van der Waals surface area contributed by atoms with Gasteiger partial charge in [-0.15, -0.1) is 0 Å². The molecule has 3 nitrogen and oxygen atoms in total. The van der Waals surface area contributed by atoms with Crippen molar-refractivity contribution in [2.24, 2.45) is 0 Å². The standard InChI is InChI=1S/C11H20O3/c1-10(2,3)13-8-7-9(12)14-11(4,5)6/h7-8H,1-6H3. The molecule has 0 aliphatic heterocycles. The van der Waals surface area contributed by atoms with Crippen molar-refractivity contribution in [3.05, 3.63) is 12.3 Å². The molecule has 0 aliphatic carbocycles. The number of carbonyl (C=O) groups is 1. The van der Waals surface area contributed by atoms with Gasteiger partial charge >= 0.3 is 5.97 Å². The van der Waals surface area contributed by atoms with Crippen molar-refractivity contribution in [3.63, 3.8) is 0 Å². The van der Waals surface area contributed by atoms with Crippen LogP contribution in [0, 0.1) is 0 Å². The van der Waals surface area contributed by atoms with E-state index in [-0.39, 0.29) is 11.6 Å². The van der Waals surface area contributed by atoms with Crippen LogP contribution in [0.15, 0.2) is 12.3 Å². The van der Waals surface area contributed by atoms with Gasteiger partial charge in [-0.05, 0) is 41.5 Å². The zero-order valence-electron chi connectivity index (χ0n) is 9.88. The van der Waals surface area contributed by atoms with Gasteiger partial charge in [0.1, 0.15) is 5.60 Å². The first kappa shape index (κ1) is 13.0. The summed E-state index contributed by atoms with van der Waals surface area (Å²) >= 11 is 0. The molecule has 14 heavy (non-hydrogen) atoms. The Balaban J connectivity index is 3.96. The minimum atomic E-state index is -0.455. The molecule has 0 aliphatic rings. The molecule has 0 aromatic rings. The van der Waals surface area contributed by atoms with Crippen molar-refractivity contribution < 1.29 is 14.3 Å². The highest BCUT2D eigenvalue weighted by atomic mass is 16.6. The van der Waals surface area contributed by atoms with Crippen molar-refractivity contribution in [2.45, 2.75) is 52.7 Å². The fourth-order valence-corrected chi connectivity index (χ4v) is 0.629. The SMILES string of the molecule is CC(C)(C)OC=CC(=O)OC(C)(C)C. The molecule has 0 fully saturated rings. The van der Waals surface area contributed by atoms with E-state index < -0.39 is 5.60 Å². The molecule has 0 heterocycles. The van der Waals surface area contributed by atoms with Crippen LogP contribution < -0.4 is 0 Å². The van der Waals surface area contributed by atoms with Crippen LogP contribution in [0.5, 0.6) is 0 Å². The predicted octanol–water partition coefficient (Wildman–Crippen LogP) is 2.66. The second-order valence-corrected chi connectivity index (χ2v) is 5.07. The first-order valence-corrected chi connectivity index (χ1v) is 4.67. The summed E-state index contributed by atoms with van der Waals surface area (Å²) in [7, 11) is 0. The van der Waals surface area contributed by atoms with Gasteiger partial charge in [-0.2, -0.15) is 0 Å². The number of ether oxygens (including phenoxy) is 2. The van der Waals surface area contributed by atoms with Crippen molar-refractivity contribution in [1.29, 1.82) is 0 Å². The van der Waals surface area contributed by atoms with Gasteiger partial charge in [0.15, 0.2) is 0 Å². The normalized spacial score (nSPS) is 13.0. The summed E-state index contributed by atoms with van der Waals surface area (Å²) in [5, 5.41) is 0. The molecule has 0 aromatic carbocycles. The molecule has 82 valence electrons. The van der Waals surface area contributed by atoms with E-state index in [9.17, 15) is 4.79 Å². The Morgan fingerprint density at radius 3 is 1.86 bits per heavy atom. The Kier molecular flexibility index (Phi) is 4.17. The summed E-state index contributed by atoms with van der Waals surface area (Å²) in [5.74, 6) is -0.387. The fourth-order valence-electron chi connectivity index (χ4n) is 0.629.